The molecule has 0 aliphatic carbocycles. The van der Waals surface area contributed by atoms with E-state index in [0.29, 0.717) is 48.1 Å². The molecule has 22 heavy (non-hydrogen) atoms. The second-order valence-electron chi connectivity index (χ2n) is 4.39. The molecule has 2 heterocycles. The molecule has 2 aromatic rings. The van der Waals surface area contributed by atoms with Crippen molar-refractivity contribution in [1.29, 1.82) is 0 Å². The van der Waals surface area contributed by atoms with E-state index in [4.69, 9.17) is 9.47 Å². The van der Waals surface area contributed by atoms with E-state index in [9.17, 15) is 9.90 Å². The Hall–Kier alpha value is -2.39. The van der Waals surface area contributed by atoms with Gasteiger partial charge in [0.05, 0.1) is 29.8 Å². The maximum Gasteiger partial charge on any atom is 0.320 e. The largest absolute Gasteiger partial charge is 0.474 e. The van der Waals surface area contributed by atoms with Crippen LogP contribution in [-0.4, -0.2) is 53.2 Å². The van der Waals surface area contributed by atoms with E-state index < -0.39 is 0 Å². The van der Waals surface area contributed by atoms with Crippen molar-refractivity contribution in [3.05, 3.63) is 11.8 Å². The fraction of sp³-hybridized carbons (Fsp3) is 0.462. The molecule has 2 amide bonds. The van der Waals surface area contributed by atoms with Gasteiger partial charge in [-0.1, -0.05) is 0 Å². The minimum absolute atomic E-state index is 0.304. The first-order chi connectivity index (χ1) is 10.7. The van der Waals surface area contributed by atoms with Crippen LogP contribution in [0.3, 0.4) is 0 Å². The number of nitrogens with one attached hydrogen (secondary N) is 3. The van der Waals surface area contributed by atoms with E-state index in [-0.39, 0.29) is 12.6 Å². The summed E-state index contributed by atoms with van der Waals surface area (Å²) in [6.45, 7) is 2.77. The number of methoxy groups -OCH3 is 1. The number of hydrogen-bond acceptors (Lipinski definition) is 6. The molecule has 4 N–H and O–H groups in total. The number of aromatic amines is 1. The summed E-state index contributed by atoms with van der Waals surface area (Å²) in [5.41, 5.74) is 0.976. The highest BCUT2D eigenvalue weighted by atomic mass is 16.5. The number of ether oxygens (including phenoxy) is 2. The maximum atomic E-state index is 11.5. The zero-order valence-electron chi connectivity index (χ0n) is 12.5. The van der Waals surface area contributed by atoms with E-state index in [2.05, 4.69) is 25.8 Å². The molecule has 0 saturated carbocycles. The molecule has 2 rings (SSSR count). The van der Waals surface area contributed by atoms with Gasteiger partial charge in [0.15, 0.2) is 0 Å². The highest BCUT2D eigenvalue weighted by Crippen LogP contribution is 2.27. The number of hydrogen-bond donors (Lipinski definition) is 4. The van der Waals surface area contributed by atoms with Crippen LogP contribution >= 0.6 is 0 Å². The standard InChI is InChI=1S/C13H19N5O4/c1-3-14-13(20)16-10-6-8-11(9(7-19)15-10)12(18-17-8)22-5-4-21-2/h6,19H,3-5,7H2,1-2H3,(H,17,18)(H2,14,15,16,20). The first kappa shape index (κ1) is 16.0. The molecule has 9 heteroatoms. The molecule has 0 aliphatic heterocycles. The molecule has 0 aliphatic rings. The van der Waals surface area contributed by atoms with Crippen LogP contribution < -0.4 is 15.4 Å². The molecule has 0 saturated heterocycles. The summed E-state index contributed by atoms with van der Waals surface area (Å²) < 4.78 is 10.4. The Morgan fingerprint density at radius 2 is 2.27 bits per heavy atom. The number of H-pyrrole nitrogens is 1. The highest BCUT2D eigenvalue weighted by Gasteiger charge is 2.15. The fourth-order valence-electron chi connectivity index (χ4n) is 1.92. The Bertz CT molecular complexity index is 643. The van der Waals surface area contributed by atoms with Gasteiger partial charge in [0, 0.05) is 19.7 Å². The quantitative estimate of drug-likeness (QED) is 0.556. The molecule has 0 bridgehead atoms. The van der Waals surface area contributed by atoms with Gasteiger partial charge in [-0.25, -0.2) is 9.78 Å². The van der Waals surface area contributed by atoms with Crippen molar-refractivity contribution in [2.45, 2.75) is 13.5 Å². The van der Waals surface area contributed by atoms with Crippen molar-refractivity contribution in [2.75, 3.05) is 32.2 Å². The lowest BCUT2D eigenvalue weighted by atomic mass is 10.2. The zero-order chi connectivity index (χ0) is 15.9. The third-order valence-corrected chi connectivity index (χ3v) is 2.84. The van der Waals surface area contributed by atoms with Gasteiger partial charge < -0.3 is 19.9 Å². The highest BCUT2D eigenvalue weighted by molar-refractivity contribution is 5.93. The van der Waals surface area contributed by atoms with Gasteiger partial charge >= 0.3 is 6.03 Å². The normalized spacial score (nSPS) is 10.7. The van der Waals surface area contributed by atoms with Crippen LogP contribution in [0.2, 0.25) is 0 Å². The lowest BCUT2D eigenvalue weighted by molar-refractivity contribution is 0.144. The number of carbonyl (C=O) groups is 1. The van der Waals surface area contributed by atoms with Crippen molar-refractivity contribution in [3.8, 4) is 5.88 Å². The molecular weight excluding hydrogens is 290 g/mol. The van der Waals surface area contributed by atoms with Gasteiger partial charge in [0.25, 0.3) is 0 Å². The summed E-state index contributed by atoms with van der Waals surface area (Å²) in [4.78, 5) is 15.7. The lowest BCUT2D eigenvalue weighted by Crippen LogP contribution is -2.28. The maximum absolute atomic E-state index is 11.5. The van der Waals surface area contributed by atoms with E-state index in [1.807, 2.05) is 6.92 Å². The minimum atomic E-state index is -0.366. The van der Waals surface area contributed by atoms with E-state index in [1.54, 1.807) is 13.2 Å². The Morgan fingerprint density at radius 1 is 1.45 bits per heavy atom. The van der Waals surface area contributed by atoms with E-state index in [1.165, 1.54) is 0 Å². The Kier molecular flexibility index (Phi) is 5.50. The Balaban J connectivity index is 2.27. The van der Waals surface area contributed by atoms with Gasteiger partial charge in [0.2, 0.25) is 5.88 Å². The topological polar surface area (TPSA) is 121 Å². The molecule has 0 aromatic carbocycles. The second-order valence-corrected chi connectivity index (χ2v) is 4.39. The van der Waals surface area contributed by atoms with Crippen LogP contribution in [0.1, 0.15) is 12.6 Å². The van der Waals surface area contributed by atoms with Gasteiger partial charge in [-0.05, 0) is 6.92 Å². The van der Waals surface area contributed by atoms with Crippen molar-refractivity contribution >= 4 is 22.8 Å². The summed E-state index contributed by atoms with van der Waals surface area (Å²) in [5, 5.41) is 22.1. The number of aliphatic hydroxyl groups is 1. The number of urea groups is 1. The fourth-order valence-corrected chi connectivity index (χ4v) is 1.92. The van der Waals surface area contributed by atoms with Crippen LogP contribution in [0.25, 0.3) is 10.9 Å². The predicted molar refractivity (Wildman–Crippen MR) is 79.9 cm³/mol. The number of carbonyl (C=O) groups excluding carboxylic acids is 1. The van der Waals surface area contributed by atoms with E-state index in [0.717, 1.165) is 0 Å². The second kappa shape index (κ2) is 7.57. The van der Waals surface area contributed by atoms with Gasteiger partial charge in [0.1, 0.15) is 12.4 Å². The van der Waals surface area contributed by atoms with Crippen LogP contribution in [-0.2, 0) is 11.3 Å². The molecule has 120 valence electrons. The number of pyridine rings is 1. The van der Waals surface area contributed by atoms with Gasteiger partial charge in [-0.15, -0.1) is 5.10 Å². The molecule has 9 nitrogen and oxygen atoms in total. The van der Waals surface area contributed by atoms with Gasteiger partial charge in [-0.3, -0.25) is 10.4 Å². The predicted octanol–water partition coefficient (Wildman–Crippen LogP) is 0.617. The van der Waals surface area contributed by atoms with Crippen LogP contribution in [0, 0.1) is 0 Å². The van der Waals surface area contributed by atoms with Crippen LogP contribution in [0.4, 0.5) is 10.6 Å². The number of fused-ring (bicyclic) bond motifs is 1. The third-order valence-electron chi connectivity index (χ3n) is 2.84. The molecule has 2 aromatic heterocycles. The number of rotatable bonds is 7. The Labute approximate surface area is 127 Å². The van der Waals surface area contributed by atoms with Crippen LogP contribution in [0.15, 0.2) is 6.07 Å². The summed E-state index contributed by atoms with van der Waals surface area (Å²) in [5.74, 6) is 0.655. The Morgan fingerprint density at radius 3 is 2.95 bits per heavy atom. The van der Waals surface area contributed by atoms with Crippen molar-refractivity contribution in [1.82, 2.24) is 20.5 Å². The van der Waals surface area contributed by atoms with Crippen LogP contribution in [0.5, 0.6) is 5.88 Å². The molecule has 0 spiro atoms. The third kappa shape index (κ3) is 3.62. The monoisotopic (exact) mass is 309 g/mol. The number of aliphatic hydroxyl groups excluding tert-OH is 1. The lowest BCUT2D eigenvalue weighted by Gasteiger charge is -2.08. The summed E-state index contributed by atoms with van der Waals surface area (Å²) in [6, 6.07) is 1.26. The number of aromatic nitrogens is 3. The summed E-state index contributed by atoms with van der Waals surface area (Å²) in [6.07, 6.45) is 0. The SMILES string of the molecule is CCNC(=O)Nc1cc2[nH]nc(OCCOC)c2c(CO)n1. The van der Waals surface area contributed by atoms with E-state index >= 15 is 0 Å². The first-order valence-corrected chi connectivity index (χ1v) is 6.85. The molecule has 0 unspecified atom stereocenters. The first-order valence-electron chi connectivity index (χ1n) is 6.85. The zero-order valence-corrected chi connectivity index (χ0v) is 12.5. The van der Waals surface area contributed by atoms with Crippen molar-refractivity contribution < 1.29 is 19.4 Å². The minimum Gasteiger partial charge on any atom is -0.474 e. The smallest absolute Gasteiger partial charge is 0.320 e. The number of amides is 2. The van der Waals surface area contributed by atoms with Gasteiger partial charge in [-0.2, -0.15) is 0 Å². The van der Waals surface area contributed by atoms with Crippen molar-refractivity contribution in [3.63, 3.8) is 0 Å². The summed E-state index contributed by atoms with van der Waals surface area (Å²) in [7, 11) is 1.58. The average Bonchev–Trinajstić information content (AvgIpc) is 2.90. The molecular formula is C13H19N5O4. The number of nitrogens with zero attached hydrogens (tertiary/aromatic N) is 2. The molecule has 0 fully saturated rings. The number of anilines is 1. The molecule has 0 radical (unpaired) electrons. The molecule has 0 atom stereocenters. The average molecular weight is 309 g/mol. The van der Waals surface area contributed by atoms with Crippen molar-refractivity contribution in [2.24, 2.45) is 0 Å². The summed E-state index contributed by atoms with van der Waals surface area (Å²) >= 11 is 0.